The fraction of sp³-hybridized carbons (Fsp3) is 0.833. The highest BCUT2D eigenvalue weighted by molar-refractivity contribution is 5.79. The van der Waals surface area contributed by atoms with Gasteiger partial charge in [0, 0.05) is 39.3 Å². The molecular weight excluding hydrogens is 332 g/mol. The number of aryl methyl sites for hydroxylation is 1. The summed E-state index contributed by atoms with van der Waals surface area (Å²) in [4.78, 5) is 4.72. The molecule has 8 heteroatoms. The summed E-state index contributed by atoms with van der Waals surface area (Å²) in [7, 11) is 0. The Kier molecular flexibility index (Phi) is 7.69. The van der Waals surface area contributed by atoms with Crippen LogP contribution < -0.4 is 10.6 Å². The highest BCUT2D eigenvalue weighted by Crippen LogP contribution is 2.12. The molecule has 146 valence electrons. The quantitative estimate of drug-likeness (QED) is 0.531. The van der Waals surface area contributed by atoms with Crippen LogP contribution in [0.3, 0.4) is 0 Å². The second-order valence-electron chi connectivity index (χ2n) is 6.91. The van der Waals surface area contributed by atoms with E-state index in [1.54, 1.807) is 6.33 Å². The van der Waals surface area contributed by atoms with Crippen LogP contribution in [-0.4, -0.2) is 65.8 Å². The molecule has 0 bridgehead atoms. The van der Waals surface area contributed by atoms with E-state index in [0.717, 1.165) is 70.3 Å². The summed E-state index contributed by atoms with van der Waals surface area (Å²) in [5.41, 5.74) is 0. The van der Waals surface area contributed by atoms with Gasteiger partial charge in [0.05, 0.1) is 18.8 Å². The number of ether oxygens (including phenoxy) is 2. The van der Waals surface area contributed by atoms with E-state index in [0.29, 0.717) is 6.54 Å². The van der Waals surface area contributed by atoms with Crippen LogP contribution in [0.25, 0.3) is 0 Å². The van der Waals surface area contributed by atoms with Crippen molar-refractivity contribution in [2.24, 2.45) is 4.99 Å². The molecule has 2 N–H and O–H groups in total. The van der Waals surface area contributed by atoms with E-state index in [-0.39, 0.29) is 12.2 Å². The molecule has 0 radical (unpaired) electrons. The van der Waals surface area contributed by atoms with Crippen LogP contribution >= 0.6 is 0 Å². The topological polar surface area (TPSA) is 85.6 Å². The molecule has 2 atom stereocenters. The summed E-state index contributed by atoms with van der Waals surface area (Å²) >= 11 is 0. The molecule has 1 aromatic heterocycles. The third-order valence-corrected chi connectivity index (χ3v) is 4.91. The van der Waals surface area contributed by atoms with Crippen LogP contribution in [0.1, 0.15) is 44.9 Å². The smallest absolute Gasteiger partial charge is 0.191 e. The van der Waals surface area contributed by atoms with Crippen molar-refractivity contribution in [3.63, 3.8) is 0 Å². The summed E-state index contributed by atoms with van der Waals surface area (Å²) in [6.07, 6.45) is 8.98. The molecule has 26 heavy (non-hydrogen) atoms. The predicted octanol–water partition coefficient (Wildman–Crippen LogP) is 1.12. The minimum atomic E-state index is 0.254. The van der Waals surface area contributed by atoms with E-state index >= 15 is 0 Å². The van der Waals surface area contributed by atoms with Gasteiger partial charge >= 0.3 is 0 Å². The molecule has 2 aliphatic rings. The number of rotatable bonds is 8. The van der Waals surface area contributed by atoms with Gasteiger partial charge in [-0.05, 0) is 32.1 Å². The molecule has 0 spiro atoms. The van der Waals surface area contributed by atoms with E-state index in [1.807, 2.05) is 0 Å². The van der Waals surface area contributed by atoms with Crippen molar-refractivity contribution >= 4 is 5.96 Å². The number of hydrogen-bond donors (Lipinski definition) is 2. The van der Waals surface area contributed by atoms with Gasteiger partial charge in [-0.2, -0.15) is 0 Å². The van der Waals surface area contributed by atoms with Crippen LogP contribution in [-0.2, 0) is 22.4 Å². The molecule has 3 rings (SSSR count). The molecule has 0 amide bonds. The van der Waals surface area contributed by atoms with E-state index < -0.39 is 0 Å². The van der Waals surface area contributed by atoms with Gasteiger partial charge in [-0.1, -0.05) is 6.92 Å². The molecular formula is C18H32N6O2. The maximum Gasteiger partial charge on any atom is 0.191 e. The Hall–Kier alpha value is -1.67. The summed E-state index contributed by atoms with van der Waals surface area (Å²) in [6.45, 7) is 6.91. The number of hydrogen-bond acceptors (Lipinski definition) is 5. The largest absolute Gasteiger partial charge is 0.376 e. The first-order chi connectivity index (χ1) is 12.8. The van der Waals surface area contributed by atoms with Crippen LogP contribution in [0, 0.1) is 0 Å². The third kappa shape index (κ3) is 5.95. The van der Waals surface area contributed by atoms with Crippen molar-refractivity contribution in [3.8, 4) is 0 Å². The summed E-state index contributed by atoms with van der Waals surface area (Å²) in [5.74, 6) is 1.84. The van der Waals surface area contributed by atoms with Crippen molar-refractivity contribution in [1.82, 2.24) is 25.4 Å². The Balaban J connectivity index is 1.48. The Labute approximate surface area is 155 Å². The molecule has 2 fully saturated rings. The summed E-state index contributed by atoms with van der Waals surface area (Å²) in [6, 6.07) is 0. The first-order valence-electron chi connectivity index (χ1n) is 9.97. The van der Waals surface area contributed by atoms with Gasteiger partial charge < -0.3 is 24.7 Å². The molecule has 2 saturated heterocycles. The maximum atomic E-state index is 5.81. The average molecular weight is 364 g/mol. The van der Waals surface area contributed by atoms with Gasteiger partial charge in [0.2, 0.25) is 0 Å². The molecule has 8 nitrogen and oxygen atoms in total. The molecule has 0 aliphatic carbocycles. The lowest BCUT2D eigenvalue weighted by Crippen LogP contribution is -2.44. The second-order valence-corrected chi connectivity index (χ2v) is 6.91. The van der Waals surface area contributed by atoms with Gasteiger partial charge in [0.15, 0.2) is 5.96 Å². The van der Waals surface area contributed by atoms with Crippen LogP contribution in [0.5, 0.6) is 0 Å². The zero-order chi connectivity index (χ0) is 18.0. The van der Waals surface area contributed by atoms with E-state index in [9.17, 15) is 0 Å². The van der Waals surface area contributed by atoms with Crippen molar-refractivity contribution in [3.05, 3.63) is 12.2 Å². The van der Waals surface area contributed by atoms with E-state index in [1.165, 1.54) is 12.8 Å². The van der Waals surface area contributed by atoms with Gasteiger partial charge in [-0.15, -0.1) is 10.2 Å². The van der Waals surface area contributed by atoms with Crippen molar-refractivity contribution < 1.29 is 9.47 Å². The first kappa shape index (κ1) is 19.1. The van der Waals surface area contributed by atoms with Crippen LogP contribution in [0.15, 0.2) is 11.3 Å². The minimum absolute atomic E-state index is 0.254. The Morgan fingerprint density at radius 1 is 1.19 bits per heavy atom. The molecule has 0 aromatic carbocycles. The van der Waals surface area contributed by atoms with Crippen molar-refractivity contribution in [2.45, 2.75) is 64.2 Å². The molecule has 1 aromatic rings. The lowest BCUT2D eigenvalue weighted by molar-refractivity contribution is 0.0194. The van der Waals surface area contributed by atoms with Crippen LogP contribution in [0.4, 0.5) is 0 Å². The predicted molar refractivity (Wildman–Crippen MR) is 100 cm³/mol. The van der Waals surface area contributed by atoms with Crippen molar-refractivity contribution in [2.75, 3.05) is 32.8 Å². The fourth-order valence-electron chi connectivity index (χ4n) is 3.37. The number of aliphatic imine (C=N–C) groups is 1. The third-order valence-electron chi connectivity index (χ3n) is 4.91. The van der Waals surface area contributed by atoms with E-state index in [4.69, 9.17) is 14.5 Å². The highest BCUT2D eigenvalue weighted by Gasteiger charge is 2.16. The number of nitrogens with one attached hydrogen (secondary N) is 2. The Bertz CT molecular complexity index is 550. The summed E-state index contributed by atoms with van der Waals surface area (Å²) in [5, 5.41) is 15.0. The normalized spacial score (nSPS) is 24.0. The summed E-state index contributed by atoms with van der Waals surface area (Å²) < 4.78 is 13.6. The Morgan fingerprint density at radius 3 is 2.81 bits per heavy atom. The number of nitrogens with zero attached hydrogens (tertiary/aromatic N) is 4. The minimum Gasteiger partial charge on any atom is -0.376 e. The van der Waals surface area contributed by atoms with Crippen LogP contribution in [0.2, 0.25) is 0 Å². The number of guanidine groups is 1. The van der Waals surface area contributed by atoms with Gasteiger partial charge in [0.25, 0.3) is 0 Å². The van der Waals surface area contributed by atoms with Gasteiger partial charge in [-0.3, -0.25) is 4.99 Å². The Morgan fingerprint density at radius 2 is 2.04 bits per heavy atom. The lowest BCUT2D eigenvalue weighted by Gasteiger charge is -2.24. The van der Waals surface area contributed by atoms with Gasteiger partial charge in [-0.25, -0.2) is 0 Å². The number of aromatic nitrogens is 3. The molecule has 3 heterocycles. The van der Waals surface area contributed by atoms with Crippen molar-refractivity contribution in [1.29, 1.82) is 0 Å². The molecule has 0 saturated carbocycles. The second kappa shape index (κ2) is 10.5. The average Bonchev–Trinajstić information content (AvgIpc) is 3.36. The maximum absolute atomic E-state index is 5.81. The first-order valence-corrected chi connectivity index (χ1v) is 9.97. The SMILES string of the molecule is CCc1nncn1CCNC(=NCC1CCCO1)NCC1CCCCO1. The lowest BCUT2D eigenvalue weighted by atomic mass is 10.1. The fourth-order valence-corrected chi connectivity index (χ4v) is 3.37. The zero-order valence-electron chi connectivity index (χ0n) is 15.8. The highest BCUT2D eigenvalue weighted by atomic mass is 16.5. The van der Waals surface area contributed by atoms with E-state index in [2.05, 4.69) is 32.3 Å². The monoisotopic (exact) mass is 364 g/mol. The molecule has 2 unspecified atom stereocenters. The van der Waals surface area contributed by atoms with Gasteiger partial charge in [0.1, 0.15) is 12.2 Å². The molecule has 2 aliphatic heterocycles. The standard InChI is InChI=1S/C18H32N6O2/c1-2-17-23-22-14-24(17)9-8-19-18(21-13-16-7-5-11-26-16)20-12-15-6-3-4-10-25-15/h14-16H,2-13H2,1H3,(H2,19,20,21). The zero-order valence-corrected chi connectivity index (χ0v) is 15.8.